The maximum absolute atomic E-state index is 12.7. The van der Waals surface area contributed by atoms with Crippen molar-refractivity contribution in [2.75, 3.05) is 75.7 Å². The number of carbonyl (C=O) groups excluding carboxylic acids is 2. The van der Waals surface area contributed by atoms with Gasteiger partial charge >= 0.3 is 0 Å². The van der Waals surface area contributed by atoms with Crippen LogP contribution in [-0.2, 0) is 56.9 Å². The molecular formula is C71H82N4O13. The molecule has 4 N–H and O–H groups in total. The predicted octanol–water partition coefficient (Wildman–Crippen LogP) is 5.68. The molecule has 8 aliphatic heterocycles. The Hall–Kier alpha value is -6.18. The summed E-state index contributed by atoms with van der Waals surface area (Å²) in [5.41, 5.74) is 8.20. The number of ketones is 2. The van der Waals surface area contributed by atoms with Gasteiger partial charge < -0.3 is 73.2 Å². The van der Waals surface area contributed by atoms with Crippen molar-refractivity contribution >= 4 is 11.6 Å². The van der Waals surface area contributed by atoms with Crippen LogP contribution < -0.4 is 33.2 Å². The van der Waals surface area contributed by atoms with Crippen LogP contribution in [0.25, 0.3) is 0 Å². The number of benzene rings is 4. The highest BCUT2D eigenvalue weighted by atomic mass is 16.5. The number of rotatable bonds is 3. The Labute approximate surface area is 514 Å². The zero-order chi connectivity index (χ0) is 60.5. The standard InChI is InChI=1S/C18H21NO4.2C18H21NO3.C17H19NO3/c1-19-8-7-17-14-10-3-4-12(22-2)15(14)23-16(17)11(20)5-6-18(17,21)13(19)9-10;2*1-19-8-7-18-11-4-5-13(20)17(18)22-16-14(21-2)6-3-10(15(16)18)9-12(11)19;1-18-7-6-17-10-3-5-13(20)16(17)21-15-12(19)4-2-9(14(15)17)8-11(10)18/h3-4,13,16,21H,5-9H2,1-2H3;3,6,11-12,17H,4-5,7-9H2,1-2H3;3-6,11-13,17,20H,7-9H2,1-2H3;2-5,10-11,13,16,19-20H,6-8H2,1H3/t13-,16+,17+,18-;11-,12+,17-,18-;11-,12+,13-,17-,18-;10-,11+,13-,16-,17-/m1000/s1. The predicted molar refractivity (Wildman–Crippen MR) is 325 cm³/mol. The van der Waals surface area contributed by atoms with E-state index in [4.69, 9.17) is 33.2 Å². The molecule has 18 atom stereocenters. The fourth-order valence-corrected chi connectivity index (χ4v) is 22.0. The zero-order valence-electron chi connectivity index (χ0n) is 51.5. The lowest BCUT2D eigenvalue weighted by Crippen LogP contribution is -2.76. The van der Waals surface area contributed by atoms with Crippen LogP contribution in [0.5, 0.6) is 46.0 Å². The number of aliphatic hydroxyl groups excluding tert-OH is 2. The Kier molecular flexibility index (Phi) is 12.2. The number of ether oxygens (including phenoxy) is 7. The maximum Gasteiger partial charge on any atom is 0.174 e. The van der Waals surface area contributed by atoms with Crippen molar-refractivity contribution in [1.29, 1.82) is 0 Å². The first-order valence-corrected chi connectivity index (χ1v) is 32.4. The van der Waals surface area contributed by atoms with Gasteiger partial charge in [-0.2, -0.15) is 0 Å². The van der Waals surface area contributed by atoms with Crippen LogP contribution in [0.1, 0.15) is 95.9 Å². The third-order valence-corrected chi connectivity index (χ3v) is 25.8. The number of methoxy groups -OCH3 is 3. The molecule has 8 bridgehead atoms. The Balaban J connectivity index is 0.0000000911. The number of aromatic hydroxyl groups is 1. The number of hydrogen-bond acceptors (Lipinski definition) is 17. The first-order chi connectivity index (χ1) is 42.5. The average Bonchev–Trinajstić information content (AvgIpc) is 1.42. The van der Waals surface area contributed by atoms with E-state index >= 15 is 0 Å². The largest absolute Gasteiger partial charge is 0.504 e. The lowest BCUT2D eigenvalue weighted by molar-refractivity contribution is -0.185. The lowest BCUT2D eigenvalue weighted by Gasteiger charge is -2.62. The lowest BCUT2D eigenvalue weighted by atomic mass is 9.49. The van der Waals surface area contributed by atoms with E-state index in [1.54, 1.807) is 27.4 Å². The molecular weight excluding hydrogens is 1120 g/mol. The number of nitrogens with zero attached hydrogens (tertiary/aromatic N) is 4. The summed E-state index contributed by atoms with van der Waals surface area (Å²) >= 11 is 0. The molecule has 88 heavy (non-hydrogen) atoms. The molecule has 17 nitrogen and oxygen atoms in total. The summed E-state index contributed by atoms with van der Waals surface area (Å²) < 4.78 is 41.3. The van der Waals surface area contributed by atoms with Gasteiger partial charge in [0.15, 0.2) is 69.8 Å². The van der Waals surface area contributed by atoms with Crippen molar-refractivity contribution in [2.45, 2.75) is 165 Å². The minimum Gasteiger partial charge on any atom is -0.504 e. The number of piperidine rings is 4. The van der Waals surface area contributed by atoms with E-state index in [1.807, 2.05) is 36.4 Å². The Morgan fingerprint density at radius 3 is 1.53 bits per heavy atom. The van der Waals surface area contributed by atoms with Crippen LogP contribution in [0, 0.1) is 17.8 Å². The number of likely N-dealkylation sites (tertiary alicyclic amines) is 4. The molecule has 16 aliphatic rings. The topological polar surface area (TPSA) is 193 Å². The van der Waals surface area contributed by atoms with Crippen LogP contribution in [0.2, 0.25) is 0 Å². The minimum atomic E-state index is -0.900. The van der Waals surface area contributed by atoms with E-state index in [1.165, 1.54) is 38.9 Å². The van der Waals surface area contributed by atoms with Gasteiger partial charge in [-0.25, -0.2) is 0 Å². The maximum atomic E-state index is 12.7. The summed E-state index contributed by atoms with van der Waals surface area (Å²) in [4.78, 5) is 34.9. The van der Waals surface area contributed by atoms with Crippen LogP contribution in [0.3, 0.4) is 0 Å². The van der Waals surface area contributed by atoms with Crippen molar-refractivity contribution in [3.63, 3.8) is 0 Å². The molecule has 20 rings (SSSR count). The van der Waals surface area contributed by atoms with Gasteiger partial charge in [-0.15, -0.1) is 0 Å². The summed E-state index contributed by atoms with van der Waals surface area (Å²) in [5.74, 6) is 7.21. The molecule has 4 aromatic rings. The van der Waals surface area contributed by atoms with E-state index in [-0.39, 0.29) is 57.9 Å². The smallest absolute Gasteiger partial charge is 0.174 e. The molecule has 0 radical (unpaired) electrons. The monoisotopic (exact) mass is 1200 g/mol. The summed E-state index contributed by atoms with van der Waals surface area (Å²) in [6.45, 7) is 3.98. The summed E-state index contributed by atoms with van der Waals surface area (Å²) in [6, 6.07) is 17.7. The fourth-order valence-electron chi connectivity index (χ4n) is 22.0. The molecule has 4 saturated heterocycles. The number of phenols is 1. The van der Waals surface area contributed by atoms with Crippen LogP contribution in [0.15, 0.2) is 72.8 Å². The third kappa shape index (κ3) is 6.81. The van der Waals surface area contributed by atoms with Crippen molar-refractivity contribution < 1.29 is 63.2 Å². The van der Waals surface area contributed by atoms with Crippen molar-refractivity contribution in [1.82, 2.24) is 19.6 Å². The Morgan fingerprint density at radius 1 is 0.489 bits per heavy atom. The molecule has 4 aromatic carbocycles. The molecule has 0 amide bonds. The van der Waals surface area contributed by atoms with Crippen LogP contribution in [0.4, 0.5) is 0 Å². The highest BCUT2D eigenvalue weighted by Gasteiger charge is 2.74. The first-order valence-electron chi connectivity index (χ1n) is 32.4. The molecule has 8 aliphatic carbocycles. The summed E-state index contributed by atoms with van der Waals surface area (Å²) in [7, 11) is 13.7. The number of Topliss-reactive ketones (excluding diaryl/α,β-unsaturated/α-hetero) is 2. The Bertz CT molecular complexity index is 3710. The van der Waals surface area contributed by atoms with E-state index in [0.717, 1.165) is 113 Å². The molecule has 4 spiro atoms. The molecule has 0 aromatic heterocycles. The summed E-state index contributed by atoms with van der Waals surface area (Å²) in [5, 5.41) is 43.0. The van der Waals surface area contributed by atoms with Gasteiger partial charge in [0.2, 0.25) is 0 Å². The fraction of sp³-hybridized carbons (Fsp3) is 0.577. The zero-order valence-corrected chi connectivity index (χ0v) is 51.5. The van der Waals surface area contributed by atoms with Gasteiger partial charge in [0.05, 0.1) is 32.3 Å². The second-order valence-corrected chi connectivity index (χ2v) is 28.8. The molecule has 8 heterocycles. The number of carbonyl (C=O) groups is 2. The third-order valence-electron chi connectivity index (χ3n) is 25.8. The first kappa shape index (κ1) is 55.9. The number of likely N-dealkylation sites (N-methyl/N-ethyl adjacent to an activating group) is 4. The normalized spacial score (nSPS) is 40.6. The van der Waals surface area contributed by atoms with Gasteiger partial charge in [0.1, 0.15) is 24.4 Å². The molecule has 464 valence electrons. The highest BCUT2D eigenvalue weighted by molar-refractivity contribution is 5.90. The van der Waals surface area contributed by atoms with E-state index in [0.29, 0.717) is 72.4 Å². The van der Waals surface area contributed by atoms with Crippen molar-refractivity contribution in [2.24, 2.45) is 17.8 Å². The summed E-state index contributed by atoms with van der Waals surface area (Å²) in [6.07, 6.45) is 16.1. The number of hydrogen-bond donors (Lipinski definition) is 4. The van der Waals surface area contributed by atoms with Crippen LogP contribution in [-0.4, -0.2) is 194 Å². The van der Waals surface area contributed by atoms with E-state index in [2.05, 4.69) is 78.1 Å². The van der Waals surface area contributed by atoms with E-state index < -0.39 is 29.3 Å². The molecule has 2 saturated carbocycles. The van der Waals surface area contributed by atoms with Gasteiger partial charge in [0.25, 0.3) is 0 Å². The van der Waals surface area contributed by atoms with Crippen molar-refractivity contribution in [3.05, 3.63) is 117 Å². The molecule has 0 unspecified atom stereocenters. The molecule has 17 heteroatoms. The van der Waals surface area contributed by atoms with Crippen LogP contribution >= 0.6 is 0 Å². The molecule has 6 fully saturated rings. The minimum absolute atomic E-state index is 0.0438. The highest BCUT2D eigenvalue weighted by Crippen LogP contribution is 2.68. The second kappa shape index (κ2) is 19.2. The van der Waals surface area contributed by atoms with Gasteiger partial charge in [-0.05, 0) is 171 Å². The van der Waals surface area contributed by atoms with E-state index in [9.17, 15) is 30.0 Å². The van der Waals surface area contributed by atoms with Gasteiger partial charge in [-0.3, -0.25) is 9.59 Å². The van der Waals surface area contributed by atoms with Gasteiger partial charge in [-0.1, -0.05) is 48.6 Å². The SMILES string of the molecule is CN1CC[C@]23c4c5ccc(O)c4O[C@H]2[C@@H](O)C=C[C@H]3[C@H]1C5.COc1ccc2c3c1O[C@H]1C(=O)CC[C@@]4(O)[C@@H](C2)N(C)CC[C@]314.COc1ccc2c3c1O[C@H]1C(=O)CC[C@H]4[C@@H](C2)N(C)CC[C@]314.COc1ccc2c3c1O[C@H]1[C@@H](O)C=C[C@H]4[C@@H](C2)N(C)CC[C@@]341. The number of phenolic OH excluding ortho intramolecular Hbond substituents is 1. The second-order valence-electron chi connectivity index (χ2n) is 28.8. The number of aliphatic hydroxyl groups is 3. The van der Waals surface area contributed by atoms with Gasteiger partial charge in [0, 0.05) is 87.3 Å². The Morgan fingerprint density at radius 2 is 0.943 bits per heavy atom. The average molecular weight is 1200 g/mol. The van der Waals surface area contributed by atoms with Crippen molar-refractivity contribution in [3.8, 4) is 46.0 Å². The quantitative estimate of drug-likeness (QED) is 0.183.